The zero-order valence-corrected chi connectivity index (χ0v) is 28.7. The van der Waals surface area contributed by atoms with Gasteiger partial charge in [0.2, 0.25) is 0 Å². The number of ether oxygens (including phenoxy) is 2. The molecular formula is C39H68O5. The first-order chi connectivity index (χ1) is 21.6. The van der Waals surface area contributed by atoms with Crippen molar-refractivity contribution in [2.45, 2.75) is 174 Å². The predicted octanol–water partition coefficient (Wildman–Crippen LogP) is 11.1. The van der Waals surface area contributed by atoms with Crippen molar-refractivity contribution in [1.29, 1.82) is 0 Å². The van der Waals surface area contributed by atoms with Crippen LogP contribution in [0.4, 0.5) is 0 Å². The summed E-state index contributed by atoms with van der Waals surface area (Å²) in [5.41, 5.74) is 0. The lowest BCUT2D eigenvalue weighted by Crippen LogP contribution is -2.28. The lowest BCUT2D eigenvalue weighted by atomic mass is 10.1. The molecule has 0 fully saturated rings. The molecule has 0 saturated heterocycles. The second-order valence-corrected chi connectivity index (χ2v) is 11.9. The van der Waals surface area contributed by atoms with Gasteiger partial charge in [-0.15, -0.1) is 0 Å². The zero-order valence-electron chi connectivity index (χ0n) is 28.7. The summed E-state index contributed by atoms with van der Waals surface area (Å²) in [5, 5.41) is 9.52. The molecular weight excluding hydrogens is 548 g/mol. The van der Waals surface area contributed by atoms with Crippen molar-refractivity contribution in [3.05, 3.63) is 48.6 Å². The van der Waals surface area contributed by atoms with Crippen LogP contribution < -0.4 is 0 Å². The van der Waals surface area contributed by atoms with Crippen molar-refractivity contribution in [3.8, 4) is 0 Å². The molecule has 0 heterocycles. The summed E-state index contributed by atoms with van der Waals surface area (Å²) in [6, 6.07) is 0. The van der Waals surface area contributed by atoms with Crippen LogP contribution >= 0.6 is 0 Å². The summed E-state index contributed by atoms with van der Waals surface area (Å²) >= 11 is 0. The Bertz CT molecular complexity index is 752. The molecule has 1 N–H and O–H groups in total. The molecule has 0 aromatic rings. The first-order valence-electron chi connectivity index (χ1n) is 18.2. The van der Waals surface area contributed by atoms with Gasteiger partial charge in [0.25, 0.3) is 0 Å². The fourth-order valence-corrected chi connectivity index (χ4v) is 4.79. The Morgan fingerprint density at radius 3 is 1.43 bits per heavy atom. The first kappa shape index (κ1) is 41.9. The van der Waals surface area contributed by atoms with Crippen LogP contribution in [0.3, 0.4) is 0 Å². The Morgan fingerprint density at radius 1 is 0.523 bits per heavy atom. The van der Waals surface area contributed by atoms with E-state index in [0.717, 1.165) is 70.6 Å². The average molecular weight is 617 g/mol. The number of aliphatic hydroxyl groups is 1. The van der Waals surface area contributed by atoms with Gasteiger partial charge in [0.1, 0.15) is 6.61 Å². The van der Waals surface area contributed by atoms with Crippen LogP contribution in [-0.2, 0) is 19.1 Å². The van der Waals surface area contributed by atoms with E-state index < -0.39 is 6.10 Å². The summed E-state index contributed by atoms with van der Waals surface area (Å²) in [7, 11) is 0. The van der Waals surface area contributed by atoms with Gasteiger partial charge >= 0.3 is 11.9 Å². The van der Waals surface area contributed by atoms with Gasteiger partial charge in [-0.2, -0.15) is 0 Å². The maximum Gasteiger partial charge on any atom is 0.306 e. The quantitative estimate of drug-likeness (QED) is 0.0462. The fraction of sp³-hybridized carbons (Fsp3) is 0.744. The molecule has 0 aromatic carbocycles. The maximum absolute atomic E-state index is 12.1. The molecule has 0 saturated carbocycles. The number of hydrogen-bond acceptors (Lipinski definition) is 5. The Morgan fingerprint density at radius 2 is 0.909 bits per heavy atom. The molecule has 0 aliphatic heterocycles. The molecule has 0 aliphatic carbocycles. The number of hydrogen-bond donors (Lipinski definition) is 1. The third-order valence-electron chi connectivity index (χ3n) is 7.60. The smallest absolute Gasteiger partial charge is 0.306 e. The van der Waals surface area contributed by atoms with E-state index >= 15 is 0 Å². The average Bonchev–Trinajstić information content (AvgIpc) is 3.02. The number of esters is 2. The van der Waals surface area contributed by atoms with E-state index in [1.54, 1.807) is 0 Å². The molecule has 5 nitrogen and oxygen atoms in total. The molecule has 0 unspecified atom stereocenters. The van der Waals surface area contributed by atoms with Gasteiger partial charge < -0.3 is 14.6 Å². The van der Waals surface area contributed by atoms with Gasteiger partial charge in [-0.25, -0.2) is 0 Å². The number of aliphatic hydroxyl groups excluding tert-OH is 1. The summed E-state index contributed by atoms with van der Waals surface area (Å²) in [4.78, 5) is 24.2. The number of carbonyl (C=O) groups excluding carboxylic acids is 2. The van der Waals surface area contributed by atoms with Crippen LogP contribution in [0.1, 0.15) is 168 Å². The number of allylic oxidation sites excluding steroid dienone is 8. The highest BCUT2D eigenvalue weighted by atomic mass is 16.6. The Balaban J connectivity index is 3.65. The molecule has 44 heavy (non-hydrogen) atoms. The highest BCUT2D eigenvalue weighted by molar-refractivity contribution is 5.70. The minimum Gasteiger partial charge on any atom is -0.462 e. The van der Waals surface area contributed by atoms with Gasteiger partial charge in [-0.1, -0.05) is 127 Å². The molecule has 1 atom stereocenters. The van der Waals surface area contributed by atoms with Gasteiger partial charge in [-0.3, -0.25) is 9.59 Å². The number of carbonyl (C=O) groups is 2. The third kappa shape index (κ3) is 32.8. The van der Waals surface area contributed by atoms with Crippen LogP contribution in [0.25, 0.3) is 0 Å². The maximum atomic E-state index is 12.1. The predicted molar refractivity (Wildman–Crippen MR) is 187 cm³/mol. The monoisotopic (exact) mass is 617 g/mol. The molecule has 0 aliphatic rings. The number of rotatable bonds is 32. The molecule has 0 bridgehead atoms. The van der Waals surface area contributed by atoms with Gasteiger partial charge in [0.15, 0.2) is 6.10 Å². The standard InChI is InChI=1S/C39H68O5/c1-3-5-7-9-11-13-15-17-18-19-20-22-23-25-27-29-31-33-38(41)43-36-37(35-40)44-39(42)34-32-30-28-26-24-21-16-14-12-10-8-6-4-2/h11,13-14,16-18,20,22,37,40H,3-10,12,15,19,21,23-36H2,1-2H3/b13-11+,16-14+,18-17+,22-20+/t37-/m0/s1. The minimum atomic E-state index is -0.783. The molecule has 254 valence electrons. The van der Waals surface area contributed by atoms with Crippen LogP contribution in [0, 0.1) is 0 Å². The van der Waals surface area contributed by atoms with Crippen molar-refractivity contribution in [3.63, 3.8) is 0 Å². The van der Waals surface area contributed by atoms with E-state index in [9.17, 15) is 14.7 Å². The molecule has 0 amide bonds. The van der Waals surface area contributed by atoms with Crippen molar-refractivity contribution in [1.82, 2.24) is 0 Å². The van der Waals surface area contributed by atoms with E-state index in [1.807, 2.05) is 0 Å². The normalized spacial score (nSPS) is 12.7. The molecule has 0 radical (unpaired) electrons. The first-order valence-corrected chi connectivity index (χ1v) is 18.2. The largest absolute Gasteiger partial charge is 0.462 e. The number of unbranched alkanes of at least 4 members (excludes halogenated alkanes) is 16. The van der Waals surface area contributed by atoms with Crippen molar-refractivity contribution < 1.29 is 24.2 Å². The second-order valence-electron chi connectivity index (χ2n) is 11.9. The fourth-order valence-electron chi connectivity index (χ4n) is 4.79. The highest BCUT2D eigenvalue weighted by Crippen LogP contribution is 2.11. The van der Waals surface area contributed by atoms with Crippen molar-refractivity contribution in [2.75, 3.05) is 13.2 Å². The van der Waals surface area contributed by atoms with Crippen LogP contribution in [0.2, 0.25) is 0 Å². The highest BCUT2D eigenvalue weighted by Gasteiger charge is 2.16. The Kier molecular flexibility index (Phi) is 33.6. The molecule has 0 rings (SSSR count). The molecule has 5 heteroatoms. The second kappa shape index (κ2) is 35.3. The van der Waals surface area contributed by atoms with Crippen molar-refractivity contribution >= 4 is 11.9 Å². The van der Waals surface area contributed by atoms with E-state index in [-0.39, 0.29) is 25.2 Å². The topological polar surface area (TPSA) is 72.8 Å². The lowest BCUT2D eigenvalue weighted by molar-refractivity contribution is -0.161. The summed E-state index contributed by atoms with van der Waals surface area (Å²) in [5.74, 6) is -0.630. The lowest BCUT2D eigenvalue weighted by Gasteiger charge is -2.15. The van der Waals surface area contributed by atoms with E-state index in [2.05, 4.69) is 62.5 Å². The van der Waals surface area contributed by atoms with Crippen LogP contribution in [0.15, 0.2) is 48.6 Å². The summed E-state index contributed by atoms with van der Waals surface area (Å²) in [6.45, 7) is 4.05. The molecule has 0 aromatic heterocycles. The Labute approximate surface area is 271 Å². The zero-order chi connectivity index (χ0) is 32.2. The van der Waals surface area contributed by atoms with Crippen LogP contribution in [-0.4, -0.2) is 36.4 Å². The SMILES string of the molecule is CCCCC/C=C/C/C=C/C/C=C/CCCCCCC(=O)OC[C@H](CO)OC(=O)CCCCCCC/C=C/CCCCCC. The van der Waals surface area contributed by atoms with Gasteiger partial charge in [0, 0.05) is 12.8 Å². The summed E-state index contributed by atoms with van der Waals surface area (Å²) in [6.07, 6.45) is 43.0. The summed E-state index contributed by atoms with van der Waals surface area (Å²) < 4.78 is 10.6. The molecule has 0 spiro atoms. The minimum absolute atomic E-state index is 0.0817. The van der Waals surface area contributed by atoms with Gasteiger partial charge in [0.05, 0.1) is 6.61 Å². The Hall–Kier alpha value is -2.14. The van der Waals surface area contributed by atoms with Crippen LogP contribution in [0.5, 0.6) is 0 Å². The van der Waals surface area contributed by atoms with E-state index in [4.69, 9.17) is 9.47 Å². The van der Waals surface area contributed by atoms with E-state index in [0.29, 0.717) is 12.8 Å². The van der Waals surface area contributed by atoms with E-state index in [1.165, 1.54) is 70.6 Å². The van der Waals surface area contributed by atoms with Crippen molar-refractivity contribution in [2.24, 2.45) is 0 Å². The third-order valence-corrected chi connectivity index (χ3v) is 7.60. The van der Waals surface area contributed by atoms with Gasteiger partial charge in [-0.05, 0) is 77.0 Å².